The number of carbonyl (C=O) groups excluding carboxylic acids is 1. The zero-order valence-electron chi connectivity index (χ0n) is 17.6. The maximum absolute atomic E-state index is 11.6. The summed E-state index contributed by atoms with van der Waals surface area (Å²) in [6, 6.07) is 13.9. The van der Waals surface area contributed by atoms with Gasteiger partial charge in [-0.3, -0.25) is 9.59 Å². The largest absolute Gasteiger partial charge is 0.493 e. The Kier molecular flexibility index (Phi) is 8.17. The summed E-state index contributed by atoms with van der Waals surface area (Å²) in [5.74, 6) is 1.41. The minimum atomic E-state index is -0.250. The number of aryl methyl sites for hydroxylation is 1. The number of hydrogen-bond donors (Lipinski definition) is 2. The average Bonchev–Trinajstić information content (AvgIpc) is 2.75. The van der Waals surface area contributed by atoms with Crippen LogP contribution in [-0.4, -0.2) is 43.2 Å². The molecule has 1 amide bonds. The van der Waals surface area contributed by atoms with Crippen LogP contribution < -0.4 is 14.8 Å². The molecule has 0 spiro atoms. The Morgan fingerprint density at radius 2 is 1.90 bits per heavy atom. The second-order valence-electron chi connectivity index (χ2n) is 6.43. The number of nitrogens with one attached hydrogen (secondary N) is 1. The minimum Gasteiger partial charge on any atom is -0.493 e. The second kappa shape index (κ2) is 10.8. The SMILES string of the molecule is CCOc1ccc(-c2cc(C)c3cc(CC(=O)NC)ccc3n2)cc1OC.O=CO. The van der Waals surface area contributed by atoms with Gasteiger partial charge in [-0.25, -0.2) is 4.98 Å². The summed E-state index contributed by atoms with van der Waals surface area (Å²) in [5, 5.41) is 10.6. The lowest BCUT2D eigenvalue weighted by Crippen LogP contribution is -2.19. The first-order chi connectivity index (χ1) is 14.5. The number of rotatable bonds is 6. The van der Waals surface area contributed by atoms with Crippen molar-refractivity contribution in [2.75, 3.05) is 20.8 Å². The molecule has 2 N–H and O–H groups in total. The number of methoxy groups -OCH3 is 1. The van der Waals surface area contributed by atoms with Gasteiger partial charge in [-0.05, 0) is 61.4 Å². The van der Waals surface area contributed by atoms with Crippen molar-refractivity contribution in [1.29, 1.82) is 0 Å². The van der Waals surface area contributed by atoms with E-state index in [2.05, 4.69) is 18.3 Å². The van der Waals surface area contributed by atoms with Crippen LogP contribution in [0.4, 0.5) is 0 Å². The lowest BCUT2D eigenvalue weighted by Gasteiger charge is -2.12. The second-order valence-corrected chi connectivity index (χ2v) is 6.43. The summed E-state index contributed by atoms with van der Waals surface area (Å²) >= 11 is 0. The molecule has 7 nitrogen and oxygen atoms in total. The van der Waals surface area contributed by atoms with Crippen LogP contribution in [0.15, 0.2) is 42.5 Å². The van der Waals surface area contributed by atoms with E-state index < -0.39 is 0 Å². The van der Waals surface area contributed by atoms with Crippen molar-refractivity contribution < 1.29 is 24.2 Å². The lowest BCUT2D eigenvalue weighted by molar-refractivity contribution is -0.123. The summed E-state index contributed by atoms with van der Waals surface area (Å²) < 4.78 is 11.0. The molecule has 0 bridgehead atoms. The molecule has 0 radical (unpaired) electrons. The van der Waals surface area contributed by atoms with Crippen molar-refractivity contribution in [3.63, 3.8) is 0 Å². The number of pyridine rings is 1. The summed E-state index contributed by atoms with van der Waals surface area (Å²) in [6.45, 7) is 4.34. The molecule has 3 rings (SSSR count). The van der Waals surface area contributed by atoms with E-state index in [4.69, 9.17) is 24.4 Å². The number of carbonyl (C=O) groups is 2. The third-order valence-corrected chi connectivity index (χ3v) is 4.48. The number of hydrogen-bond acceptors (Lipinski definition) is 5. The predicted molar refractivity (Wildman–Crippen MR) is 116 cm³/mol. The monoisotopic (exact) mass is 410 g/mol. The first kappa shape index (κ1) is 22.7. The molecule has 1 aromatic heterocycles. The number of ether oxygens (including phenoxy) is 2. The van der Waals surface area contributed by atoms with Crippen LogP contribution in [0.25, 0.3) is 22.2 Å². The van der Waals surface area contributed by atoms with E-state index in [1.54, 1.807) is 14.2 Å². The fourth-order valence-corrected chi connectivity index (χ4v) is 3.07. The fraction of sp³-hybridized carbons (Fsp3) is 0.261. The van der Waals surface area contributed by atoms with E-state index in [-0.39, 0.29) is 12.4 Å². The molecule has 0 fully saturated rings. The van der Waals surface area contributed by atoms with Gasteiger partial charge in [0.05, 0.1) is 31.3 Å². The Hall–Kier alpha value is -3.61. The number of carboxylic acid groups (broad SMARTS) is 1. The molecule has 30 heavy (non-hydrogen) atoms. The van der Waals surface area contributed by atoms with Gasteiger partial charge in [0.25, 0.3) is 6.47 Å². The first-order valence-corrected chi connectivity index (χ1v) is 9.47. The molecule has 7 heteroatoms. The van der Waals surface area contributed by atoms with Gasteiger partial charge in [0.2, 0.25) is 5.91 Å². The van der Waals surface area contributed by atoms with Crippen LogP contribution in [0.1, 0.15) is 18.1 Å². The van der Waals surface area contributed by atoms with Crippen LogP contribution >= 0.6 is 0 Å². The molecule has 0 aliphatic rings. The summed E-state index contributed by atoms with van der Waals surface area (Å²) in [4.78, 5) is 24.8. The quantitative estimate of drug-likeness (QED) is 0.603. The lowest BCUT2D eigenvalue weighted by atomic mass is 10.0. The van der Waals surface area contributed by atoms with Gasteiger partial charge in [-0.15, -0.1) is 0 Å². The zero-order chi connectivity index (χ0) is 22.1. The molecule has 3 aromatic rings. The third-order valence-electron chi connectivity index (χ3n) is 4.48. The van der Waals surface area contributed by atoms with Crippen LogP contribution in [0, 0.1) is 6.92 Å². The van der Waals surface area contributed by atoms with Gasteiger partial charge >= 0.3 is 0 Å². The topological polar surface area (TPSA) is 97.8 Å². The molecular weight excluding hydrogens is 384 g/mol. The fourth-order valence-electron chi connectivity index (χ4n) is 3.07. The zero-order valence-corrected chi connectivity index (χ0v) is 17.6. The van der Waals surface area contributed by atoms with Crippen molar-refractivity contribution in [2.45, 2.75) is 20.3 Å². The highest BCUT2D eigenvalue weighted by Crippen LogP contribution is 2.33. The molecule has 0 aliphatic carbocycles. The van der Waals surface area contributed by atoms with E-state index in [1.807, 2.05) is 43.3 Å². The predicted octanol–water partition coefficient (Wildman–Crippen LogP) is 3.61. The number of amides is 1. The third kappa shape index (κ3) is 5.47. The smallest absolute Gasteiger partial charge is 0.290 e. The maximum Gasteiger partial charge on any atom is 0.290 e. The van der Waals surface area contributed by atoms with Gasteiger partial charge in [-0.1, -0.05) is 6.07 Å². The van der Waals surface area contributed by atoms with Crippen molar-refractivity contribution in [3.05, 3.63) is 53.6 Å². The highest BCUT2D eigenvalue weighted by Gasteiger charge is 2.11. The van der Waals surface area contributed by atoms with Gasteiger partial charge in [0.15, 0.2) is 11.5 Å². The standard InChI is InChI=1S/C22H24N2O3.CH2O2/c1-5-27-20-9-7-16(13-21(20)26-4)19-10-14(2)17-11-15(12-22(25)23-3)6-8-18(17)24-19;2-1-3/h6-11,13H,5,12H2,1-4H3,(H,23,25);1H,(H,2,3). The minimum absolute atomic E-state index is 0.00179. The highest BCUT2D eigenvalue weighted by molar-refractivity contribution is 5.87. The molecule has 0 atom stereocenters. The normalized spacial score (nSPS) is 10.0. The van der Waals surface area contributed by atoms with Gasteiger partial charge in [0.1, 0.15) is 0 Å². The van der Waals surface area contributed by atoms with E-state index in [1.165, 1.54) is 0 Å². The van der Waals surface area contributed by atoms with Crippen molar-refractivity contribution in [1.82, 2.24) is 10.3 Å². The van der Waals surface area contributed by atoms with Crippen molar-refractivity contribution in [3.8, 4) is 22.8 Å². The molecule has 0 aliphatic heterocycles. The Bertz CT molecular complexity index is 1030. The van der Waals surface area contributed by atoms with Crippen LogP contribution in [-0.2, 0) is 16.0 Å². The Morgan fingerprint density at radius 3 is 2.53 bits per heavy atom. The highest BCUT2D eigenvalue weighted by atomic mass is 16.5. The van der Waals surface area contributed by atoms with E-state index >= 15 is 0 Å². The molecule has 2 aromatic carbocycles. The van der Waals surface area contributed by atoms with Gasteiger partial charge in [-0.2, -0.15) is 0 Å². The number of fused-ring (bicyclic) bond motifs is 1. The van der Waals surface area contributed by atoms with Crippen molar-refractivity contribution >= 4 is 23.3 Å². The number of benzene rings is 2. The molecule has 158 valence electrons. The molecule has 0 unspecified atom stereocenters. The molecule has 0 saturated carbocycles. The Balaban J connectivity index is 0.00000101. The Morgan fingerprint density at radius 1 is 1.17 bits per heavy atom. The molecule has 0 saturated heterocycles. The Labute approximate surface area is 175 Å². The van der Waals surface area contributed by atoms with E-state index in [0.29, 0.717) is 18.8 Å². The van der Waals surface area contributed by atoms with E-state index in [0.717, 1.165) is 39.0 Å². The summed E-state index contributed by atoms with van der Waals surface area (Å²) in [6.07, 6.45) is 0.365. The van der Waals surface area contributed by atoms with Gasteiger partial charge < -0.3 is 19.9 Å². The summed E-state index contributed by atoms with van der Waals surface area (Å²) in [5.41, 5.74) is 4.83. The summed E-state index contributed by atoms with van der Waals surface area (Å²) in [7, 11) is 3.28. The maximum atomic E-state index is 11.6. The van der Waals surface area contributed by atoms with Crippen LogP contribution in [0.3, 0.4) is 0 Å². The average molecular weight is 410 g/mol. The van der Waals surface area contributed by atoms with Gasteiger partial charge in [0, 0.05) is 18.0 Å². The van der Waals surface area contributed by atoms with Crippen molar-refractivity contribution in [2.24, 2.45) is 0 Å². The molecular formula is C23H26N2O5. The number of aromatic nitrogens is 1. The first-order valence-electron chi connectivity index (χ1n) is 9.47. The molecule has 1 heterocycles. The van der Waals surface area contributed by atoms with Crippen LogP contribution in [0.5, 0.6) is 11.5 Å². The number of likely N-dealkylation sites (N-methyl/N-ethyl adjacent to an activating group) is 1. The van der Waals surface area contributed by atoms with E-state index in [9.17, 15) is 4.79 Å². The number of nitrogens with zero attached hydrogens (tertiary/aromatic N) is 1. The van der Waals surface area contributed by atoms with Crippen LogP contribution in [0.2, 0.25) is 0 Å².